The molecule has 1 aliphatic carbocycles. The summed E-state index contributed by atoms with van der Waals surface area (Å²) < 4.78 is 2.05. The van der Waals surface area contributed by atoms with Crippen molar-refractivity contribution in [1.29, 1.82) is 0 Å². The molecule has 0 spiro atoms. The zero-order chi connectivity index (χ0) is 11.2. The van der Waals surface area contributed by atoms with Crippen LogP contribution in [0.4, 0.5) is 0 Å². The fourth-order valence-electron chi connectivity index (χ4n) is 2.03. The van der Waals surface area contributed by atoms with Crippen LogP contribution in [0, 0.1) is 0 Å². The molecule has 1 heterocycles. The van der Waals surface area contributed by atoms with Crippen LogP contribution in [0.1, 0.15) is 57.1 Å². The molecule has 0 amide bonds. The molecule has 0 aliphatic heterocycles. The normalized spacial score (nSPS) is 17.1. The molecule has 0 radical (unpaired) electrons. The van der Waals surface area contributed by atoms with Gasteiger partial charge in [0.05, 0.1) is 0 Å². The second-order valence-electron chi connectivity index (χ2n) is 5.35. The average molecular weight is 225 g/mol. The molecule has 2 nitrogen and oxygen atoms in total. The highest BCUT2D eigenvalue weighted by Crippen LogP contribution is 2.38. The van der Waals surface area contributed by atoms with E-state index in [0.717, 1.165) is 6.42 Å². The highest BCUT2D eigenvalue weighted by molar-refractivity contribution is 7.09. The zero-order valence-corrected chi connectivity index (χ0v) is 10.8. The van der Waals surface area contributed by atoms with Crippen LogP contribution in [0.3, 0.4) is 0 Å². The Balaban J connectivity index is 2.57. The molecule has 0 atom stereocenters. The van der Waals surface area contributed by atoms with Crippen molar-refractivity contribution in [2.75, 3.05) is 0 Å². The molecule has 1 saturated carbocycles. The second kappa shape index (κ2) is 3.48. The van der Waals surface area contributed by atoms with Crippen LogP contribution >= 0.6 is 11.3 Å². The maximum Gasteiger partial charge on any atom is 0.307 e. The Hall–Kier alpha value is -0.570. The van der Waals surface area contributed by atoms with Gasteiger partial charge in [-0.25, -0.2) is 0 Å². The van der Waals surface area contributed by atoms with Crippen molar-refractivity contribution in [3.8, 4) is 0 Å². The average Bonchev–Trinajstić information content (AvgIpc) is 2.88. The minimum absolute atomic E-state index is 0.106. The number of hydrogen-bond donors (Lipinski definition) is 0. The lowest BCUT2D eigenvalue weighted by atomic mass is 9.92. The Bertz CT molecular complexity index is 418. The lowest BCUT2D eigenvalue weighted by molar-refractivity contribution is 0.578. The highest BCUT2D eigenvalue weighted by atomic mass is 32.1. The van der Waals surface area contributed by atoms with Crippen molar-refractivity contribution in [3.05, 3.63) is 20.2 Å². The number of thiazole rings is 1. The third kappa shape index (κ3) is 1.89. The van der Waals surface area contributed by atoms with Crippen LogP contribution < -0.4 is 4.87 Å². The SMILES string of the molecule is CCc1c(C(C)(C)C)sc(=O)n1C1CC1. The van der Waals surface area contributed by atoms with Crippen molar-refractivity contribution in [2.24, 2.45) is 0 Å². The topological polar surface area (TPSA) is 22.0 Å². The molecule has 0 aromatic carbocycles. The first kappa shape index (κ1) is 10.9. The summed E-state index contributed by atoms with van der Waals surface area (Å²) in [4.78, 5) is 13.5. The lowest BCUT2D eigenvalue weighted by Gasteiger charge is -2.18. The minimum atomic E-state index is 0.106. The molecule has 2 rings (SSSR count). The van der Waals surface area contributed by atoms with Crippen molar-refractivity contribution in [2.45, 2.75) is 58.4 Å². The molecular weight excluding hydrogens is 206 g/mol. The van der Waals surface area contributed by atoms with E-state index in [1.165, 1.54) is 34.7 Å². The van der Waals surface area contributed by atoms with Gasteiger partial charge < -0.3 is 0 Å². The van der Waals surface area contributed by atoms with Crippen molar-refractivity contribution in [1.82, 2.24) is 4.57 Å². The number of hydrogen-bond acceptors (Lipinski definition) is 2. The first-order valence-electron chi connectivity index (χ1n) is 5.69. The van der Waals surface area contributed by atoms with Gasteiger partial charge in [-0.3, -0.25) is 9.36 Å². The van der Waals surface area contributed by atoms with Gasteiger partial charge in [0.15, 0.2) is 0 Å². The summed E-state index contributed by atoms with van der Waals surface area (Å²) in [5.41, 5.74) is 1.38. The van der Waals surface area contributed by atoms with Gasteiger partial charge in [-0.2, -0.15) is 0 Å². The Morgan fingerprint density at radius 3 is 2.40 bits per heavy atom. The van der Waals surface area contributed by atoms with E-state index in [2.05, 4.69) is 27.7 Å². The fraction of sp³-hybridized carbons (Fsp3) is 0.750. The van der Waals surface area contributed by atoms with Gasteiger partial charge in [0.25, 0.3) is 0 Å². The zero-order valence-electron chi connectivity index (χ0n) is 9.96. The van der Waals surface area contributed by atoms with E-state index < -0.39 is 0 Å². The summed E-state index contributed by atoms with van der Waals surface area (Å²) in [6, 6.07) is 0.514. The molecule has 0 bridgehead atoms. The first-order valence-corrected chi connectivity index (χ1v) is 6.51. The van der Waals surface area contributed by atoms with E-state index in [9.17, 15) is 4.79 Å². The van der Waals surface area contributed by atoms with Gasteiger partial charge in [0, 0.05) is 16.6 Å². The van der Waals surface area contributed by atoms with Crippen molar-refractivity contribution >= 4 is 11.3 Å². The van der Waals surface area contributed by atoms with Gasteiger partial charge in [-0.15, -0.1) is 0 Å². The van der Waals surface area contributed by atoms with E-state index in [0.29, 0.717) is 6.04 Å². The second-order valence-corrected chi connectivity index (χ2v) is 6.31. The van der Waals surface area contributed by atoms with Crippen LogP contribution in [-0.2, 0) is 11.8 Å². The Morgan fingerprint density at radius 2 is 2.00 bits per heavy atom. The van der Waals surface area contributed by atoms with E-state index >= 15 is 0 Å². The molecule has 0 unspecified atom stereocenters. The summed E-state index contributed by atoms with van der Waals surface area (Å²) >= 11 is 1.45. The molecule has 1 aromatic heterocycles. The molecule has 3 heteroatoms. The van der Waals surface area contributed by atoms with Crippen LogP contribution in [0.25, 0.3) is 0 Å². The van der Waals surface area contributed by atoms with Gasteiger partial charge in [0.1, 0.15) is 0 Å². The van der Waals surface area contributed by atoms with Gasteiger partial charge in [-0.1, -0.05) is 39.0 Å². The maximum absolute atomic E-state index is 11.9. The van der Waals surface area contributed by atoms with E-state index in [-0.39, 0.29) is 10.3 Å². The van der Waals surface area contributed by atoms with Crippen LogP contribution in [0.5, 0.6) is 0 Å². The number of nitrogens with zero attached hydrogens (tertiary/aromatic N) is 1. The summed E-state index contributed by atoms with van der Waals surface area (Å²) in [7, 11) is 0. The van der Waals surface area contributed by atoms with Crippen molar-refractivity contribution in [3.63, 3.8) is 0 Å². The maximum atomic E-state index is 11.9. The predicted molar refractivity (Wildman–Crippen MR) is 64.9 cm³/mol. The monoisotopic (exact) mass is 225 g/mol. The molecule has 0 saturated heterocycles. The Kier molecular flexibility index (Phi) is 2.53. The van der Waals surface area contributed by atoms with E-state index in [4.69, 9.17) is 0 Å². The third-order valence-corrected chi connectivity index (χ3v) is 4.29. The standard InChI is InChI=1S/C12H19NOS/c1-5-9-10(12(2,3)4)15-11(14)13(9)8-6-7-8/h8H,5-7H2,1-4H3. The van der Waals surface area contributed by atoms with Crippen molar-refractivity contribution < 1.29 is 0 Å². The summed E-state index contributed by atoms with van der Waals surface area (Å²) in [5, 5.41) is 0. The summed E-state index contributed by atoms with van der Waals surface area (Å²) in [6.07, 6.45) is 3.35. The third-order valence-electron chi connectivity index (χ3n) is 2.87. The number of aromatic nitrogens is 1. The Morgan fingerprint density at radius 1 is 1.40 bits per heavy atom. The summed E-state index contributed by atoms with van der Waals surface area (Å²) in [6.45, 7) is 8.72. The van der Waals surface area contributed by atoms with E-state index in [1.807, 2.05) is 4.57 Å². The molecule has 0 N–H and O–H groups in total. The molecular formula is C12H19NOS. The fourth-order valence-corrected chi connectivity index (χ4v) is 3.23. The van der Waals surface area contributed by atoms with Gasteiger partial charge >= 0.3 is 4.87 Å². The molecule has 84 valence electrons. The van der Waals surface area contributed by atoms with Gasteiger partial charge in [0.2, 0.25) is 0 Å². The summed E-state index contributed by atoms with van der Waals surface area (Å²) in [5.74, 6) is 0. The van der Waals surface area contributed by atoms with Crippen LogP contribution in [-0.4, -0.2) is 4.57 Å². The molecule has 15 heavy (non-hydrogen) atoms. The minimum Gasteiger partial charge on any atom is -0.300 e. The first-order chi connectivity index (χ1) is 6.95. The Labute approximate surface area is 94.9 Å². The number of rotatable bonds is 2. The molecule has 1 fully saturated rings. The highest BCUT2D eigenvalue weighted by Gasteiger charge is 2.31. The quantitative estimate of drug-likeness (QED) is 0.758. The van der Waals surface area contributed by atoms with Gasteiger partial charge in [-0.05, 0) is 24.7 Å². The largest absolute Gasteiger partial charge is 0.307 e. The molecule has 1 aromatic rings. The van der Waals surface area contributed by atoms with E-state index in [1.54, 1.807) is 0 Å². The molecule has 1 aliphatic rings. The van der Waals surface area contributed by atoms with Crippen LogP contribution in [0.15, 0.2) is 4.79 Å². The lowest BCUT2D eigenvalue weighted by Crippen LogP contribution is -2.16. The smallest absolute Gasteiger partial charge is 0.300 e. The van der Waals surface area contributed by atoms with Crippen LogP contribution in [0.2, 0.25) is 0 Å². The predicted octanol–water partition coefficient (Wildman–Crippen LogP) is 3.10.